The Labute approximate surface area is 115 Å². The second-order valence-corrected chi connectivity index (χ2v) is 5.92. The molecule has 0 rings (SSSR count). The van der Waals surface area contributed by atoms with E-state index in [4.69, 9.17) is 0 Å². The summed E-state index contributed by atoms with van der Waals surface area (Å²) in [5.74, 6) is 0. The van der Waals surface area contributed by atoms with Crippen LogP contribution in [-0.4, -0.2) is 63.7 Å². The first-order valence-electron chi connectivity index (χ1n) is 7.53. The summed E-state index contributed by atoms with van der Waals surface area (Å²) in [7, 11) is 6.54. The fraction of sp³-hybridized carbons (Fsp3) is 1.00. The third-order valence-electron chi connectivity index (χ3n) is 3.96. The largest absolute Gasteiger partial charge is 0.316 e. The second-order valence-electron chi connectivity index (χ2n) is 5.92. The highest BCUT2D eigenvalue weighted by Gasteiger charge is 2.27. The molecule has 0 aliphatic heterocycles. The first-order valence-corrected chi connectivity index (χ1v) is 7.53. The molecule has 0 unspecified atom stereocenters. The zero-order valence-corrected chi connectivity index (χ0v) is 13.6. The zero-order valence-electron chi connectivity index (χ0n) is 13.6. The standard InChI is InChI=1S/C15H35N3/c1-7-10-16-13-15(8-2,9-3)14-18(6)12-11-17(4)5/h16H,7-14H2,1-6H3. The Hall–Kier alpha value is -0.120. The Morgan fingerprint density at radius 2 is 1.56 bits per heavy atom. The topological polar surface area (TPSA) is 18.5 Å². The van der Waals surface area contributed by atoms with Crippen molar-refractivity contribution in [2.24, 2.45) is 5.41 Å². The van der Waals surface area contributed by atoms with E-state index < -0.39 is 0 Å². The minimum atomic E-state index is 0.441. The van der Waals surface area contributed by atoms with Crippen LogP contribution in [0, 0.1) is 5.41 Å². The lowest BCUT2D eigenvalue weighted by Gasteiger charge is -2.36. The molecule has 18 heavy (non-hydrogen) atoms. The van der Waals surface area contributed by atoms with Crippen LogP contribution in [0.5, 0.6) is 0 Å². The number of nitrogens with zero attached hydrogens (tertiary/aromatic N) is 2. The van der Waals surface area contributed by atoms with Crippen molar-refractivity contribution in [3.63, 3.8) is 0 Å². The summed E-state index contributed by atoms with van der Waals surface area (Å²) in [6.45, 7) is 12.7. The minimum Gasteiger partial charge on any atom is -0.316 e. The van der Waals surface area contributed by atoms with Gasteiger partial charge in [-0.05, 0) is 52.4 Å². The smallest absolute Gasteiger partial charge is 0.0106 e. The van der Waals surface area contributed by atoms with Crippen molar-refractivity contribution in [2.45, 2.75) is 40.0 Å². The van der Waals surface area contributed by atoms with E-state index >= 15 is 0 Å². The molecule has 0 fully saturated rings. The molecular weight excluding hydrogens is 222 g/mol. The van der Waals surface area contributed by atoms with Crippen molar-refractivity contribution in [3.8, 4) is 0 Å². The van der Waals surface area contributed by atoms with E-state index in [-0.39, 0.29) is 0 Å². The third kappa shape index (κ3) is 7.34. The lowest BCUT2D eigenvalue weighted by atomic mass is 9.81. The van der Waals surface area contributed by atoms with Crippen LogP contribution in [0.25, 0.3) is 0 Å². The summed E-state index contributed by atoms with van der Waals surface area (Å²) >= 11 is 0. The molecule has 0 aromatic carbocycles. The van der Waals surface area contributed by atoms with Crippen molar-refractivity contribution < 1.29 is 0 Å². The number of likely N-dealkylation sites (N-methyl/N-ethyl adjacent to an activating group) is 2. The van der Waals surface area contributed by atoms with Gasteiger partial charge in [0.2, 0.25) is 0 Å². The first-order chi connectivity index (χ1) is 8.49. The number of rotatable bonds is 11. The molecule has 110 valence electrons. The maximum Gasteiger partial charge on any atom is 0.0106 e. The molecule has 0 aromatic rings. The van der Waals surface area contributed by atoms with E-state index in [0.29, 0.717) is 5.41 Å². The molecule has 0 radical (unpaired) electrons. The fourth-order valence-electron chi connectivity index (χ4n) is 2.33. The summed E-state index contributed by atoms with van der Waals surface area (Å²) in [6.07, 6.45) is 3.74. The average Bonchev–Trinajstić information content (AvgIpc) is 2.35. The number of nitrogens with one attached hydrogen (secondary N) is 1. The van der Waals surface area contributed by atoms with Crippen LogP contribution in [0.3, 0.4) is 0 Å². The number of hydrogen-bond acceptors (Lipinski definition) is 3. The summed E-state index contributed by atoms with van der Waals surface area (Å²) in [6, 6.07) is 0. The molecule has 0 aliphatic carbocycles. The summed E-state index contributed by atoms with van der Waals surface area (Å²) < 4.78 is 0. The Bertz CT molecular complexity index is 188. The van der Waals surface area contributed by atoms with Crippen molar-refractivity contribution in [1.82, 2.24) is 15.1 Å². The molecule has 0 saturated heterocycles. The summed E-state index contributed by atoms with van der Waals surface area (Å²) in [5.41, 5.74) is 0.441. The highest BCUT2D eigenvalue weighted by Crippen LogP contribution is 2.26. The van der Waals surface area contributed by atoms with Crippen molar-refractivity contribution in [2.75, 3.05) is 53.9 Å². The van der Waals surface area contributed by atoms with E-state index in [0.717, 1.165) is 26.2 Å². The van der Waals surface area contributed by atoms with Crippen molar-refractivity contribution in [1.29, 1.82) is 0 Å². The molecule has 0 aliphatic rings. The van der Waals surface area contributed by atoms with Crippen molar-refractivity contribution in [3.05, 3.63) is 0 Å². The van der Waals surface area contributed by atoms with Gasteiger partial charge in [-0.15, -0.1) is 0 Å². The van der Waals surface area contributed by atoms with E-state index in [1.807, 2.05) is 0 Å². The average molecular weight is 257 g/mol. The Morgan fingerprint density at radius 1 is 0.944 bits per heavy atom. The third-order valence-corrected chi connectivity index (χ3v) is 3.96. The van der Waals surface area contributed by atoms with Gasteiger partial charge in [0.25, 0.3) is 0 Å². The Morgan fingerprint density at radius 3 is 2.00 bits per heavy atom. The maximum atomic E-state index is 3.61. The maximum absolute atomic E-state index is 3.61. The van der Waals surface area contributed by atoms with Gasteiger partial charge in [-0.25, -0.2) is 0 Å². The van der Waals surface area contributed by atoms with Crippen LogP contribution in [0.4, 0.5) is 0 Å². The minimum absolute atomic E-state index is 0.441. The highest BCUT2D eigenvalue weighted by atomic mass is 15.2. The molecule has 0 saturated carbocycles. The van der Waals surface area contributed by atoms with E-state index in [1.54, 1.807) is 0 Å². The van der Waals surface area contributed by atoms with Crippen LogP contribution >= 0.6 is 0 Å². The van der Waals surface area contributed by atoms with Gasteiger partial charge in [-0.3, -0.25) is 0 Å². The molecule has 3 heteroatoms. The second kappa shape index (κ2) is 9.76. The van der Waals surface area contributed by atoms with E-state index in [2.05, 4.69) is 57.0 Å². The molecule has 3 nitrogen and oxygen atoms in total. The molecule has 1 N–H and O–H groups in total. The van der Waals surface area contributed by atoms with Crippen LogP contribution < -0.4 is 5.32 Å². The Balaban J connectivity index is 4.21. The molecule has 0 amide bonds. The van der Waals surface area contributed by atoms with E-state index in [1.165, 1.54) is 25.8 Å². The van der Waals surface area contributed by atoms with Crippen LogP contribution in [0.15, 0.2) is 0 Å². The van der Waals surface area contributed by atoms with Gasteiger partial charge in [0.05, 0.1) is 0 Å². The predicted octanol–water partition coefficient (Wildman–Crippen LogP) is 2.29. The molecule has 0 bridgehead atoms. The van der Waals surface area contributed by atoms with Gasteiger partial charge in [0, 0.05) is 26.2 Å². The monoisotopic (exact) mass is 257 g/mol. The SMILES string of the molecule is CCCNCC(CC)(CC)CN(C)CCN(C)C. The van der Waals surface area contributed by atoms with Gasteiger partial charge in [0.1, 0.15) is 0 Å². The van der Waals surface area contributed by atoms with Gasteiger partial charge in [0.15, 0.2) is 0 Å². The van der Waals surface area contributed by atoms with Crippen LogP contribution in [0.2, 0.25) is 0 Å². The Kier molecular flexibility index (Phi) is 9.70. The quantitative estimate of drug-likeness (QED) is 0.573. The molecular formula is C15H35N3. The lowest BCUT2D eigenvalue weighted by Crippen LogP contribution is -2.44. The zero-order chi connectivity index (χ0) is 14.0. The van der Waals surface area contributed by atoms with Gasteiger partial charge >= 0.3 is 0 Å². The van der Waals surface area contributed by atoms with Gasteiger partial charge in [-0.2, -0.15) is 0 Å². The van der Waals surface area contributed by atoms with Crippen molar-refractivity contribution >= 4 is 0 Å². The summed E-state index contributed by atoms with van der Waals surface area (Å²) in [5, 5.41) is 3.61. The van der Waals surface area contributed by atoms with Crippen LogP contribution in [0.1, 0.15) is 40.0 Å². The summed E-state index contributed by atoms with van der Waals surface area (Å²) in [4.78, 5) is 4.74. The molecule has 0 atom stereocenters. The van der Waals surface area contributed by atoms with Gasteiger partial charge in [-0.1, -0.05) is 20.8 Å². The molecule has 0 heterocycles. The predicted molar refractivity (Wildman–Crippen MR) is 82.2 cm³/mol. The normalized spacial score (nSPS) is 12.7. The highest BCUT2D eigenvalue weighted by molar-refractivity contribution is 4.82. The molecule has 0 spiro atoms. The fourth-order valence-corrected chi connectivity index (χ4v) is 2.33. The lowest BCUT2D eigenvalue weighted by molar-refractivity contribution is 0.148. The molecule has 0 aromatic heterocycles. The van der Waals surface area contributed by atoms with Gasteiger partial charge < -0.3 is 15.1 Å². The number of hydrogen-bond donors (Lipinski definition) is 1. The van der Waals surface area contributed by atoms with E-state index in [9.17, 15) is 0 Å². The van der Waals surface area contributed by atoms with Crippen LogP contribution in [-0.2, 0) is 0 Å². The first kappa shape index (κ1) is 17.9.